The molecular formula is C12H20N2O2. The first-order valence-corrected chi connectivity index (χ1v) is 5.48. The molecule has 0 aliphatic rings. The Morgan fingerprint density at radius 3 is 2.94 bits per heavy atom. The average molecular weight is 224 g/mol. The molecule has 0 amide bonds. The number of nitrogens with one attached hydrogen (secondary N) is 1. The zero-order valence-corrected chi connectivity index (χ0v) is 9.74. The number of benzene rings is 1. The van der Waals surface area contributed by atoms with E-state index in [2.05, 4.69) is 5.32 Å². The summed E-state index contributed by atoms with van der Waals surface area (Å²) in [6.45, 7) is 3.64. The molecule has 0 aromatic heterocycles. The van der Waals surface area contributed by atoms with E-state index in [9.17, 15) is 0 Å². The Kier molecular flexibility index (Phi) is 6.56. The van der Waals surface area contributed by atoms with Crippen LogP contribution in [0.3, 0.4) is 0 Å². The van der Waals surface area contributed by atoms with Crippen molar-refractivity contribution >= 4 is 0 Å². The Labute approximate surface area is 96.7 Å². The maximum atomic E-state index is 5.51. The normalized spacial score (nSPS) is 10.4. The van der Waals surface area contributed by atoms with Crippen LogP contribution in [0.4, 0.5) is 0 Å². The molecule has 0 saturated heterocycles. The summed E-state index contributed by atoms with van der Waals surface area (Å²) < 4.78 is 10.6. The topological polar surface area (TPSA) is 56.5 Å². The first kappa shape index (κ1) is 13.0. The van der Waals surface area contributed by atoms with Crippen LogP contribution in [-0.2, 0) is 11.3 Å². The minimum atomic E-state index is 0.613. The molecule has 0 saturated carbocycles. The summed E-state index contributed by atoms with van der Waals surface area (Å²) in [5.74, 6) is 0.863. The molecule has 3 N–H and O–H groups in total. The Bertz CT molecular complexity index is 292. The number of ether oxygens (including phenoxy) is 2. The predicted molar refractivity (Wildman–Crippen MR) is 64.6 cm³/mol. The minimum Gasteiger partial charge on any atom is -0.497 e. The van der Waals surface area contributed by atoms with Gasteiger partial charge in [-0.25, -0.2) is 0 Å². The summed E-state index contributed by atoms with van der Waals surface area (Å²) in [7, 11) is 1.66. The molecule has 0 radical (unpaired) electrons. The lowest BCUT2D eigenvalue weighted by molar-refractivity contribution is 0.123. The van der Waals surface area contributed by atoms with Crippen LogP contribution in [0.25, 0.3) is 0 Å². The van der Waals surface area contributed by atoms with Gasteiger partial charge < -0.3 is 20.5 Å². The molecule has 1 rings (SSSR count). The lowest BCUT2D eigenvalue weighted by Gasteiger charge is -2.06. The molecule has 90 valence electrons. The molecule has 0 heterocycles. The van der Waals surface area contributed by atoms with E-state index in [0.29, 0.717) is 19.8 Å². The van der Waals surface area contributed by atoms with Crippen molar-refractivity contribution in [2.24, 2.45) is 5.73 Å². The molecule has 0 unspecified atom stereocenters. The highest BCUT2D eigenvalue weighted by Gasteiger charge is 1.95. The summed E-state index contributed by atoms with van der Waals surface area (Å²) in [5.41, 5.74) is 6.47. The number of nitrogens with two attached hydrogens (primary N) is 1. The summed E-state index contributed by atoms with van der Waals surface area (Å²) >= 11 is 0. The van der Waals surface area contributed by atoms with Crippen LogP contribution in [-0.4, -0.2) is 33.4 Å². The average Bonchev–Trinajstić information content (AvgIpc) is 2.34. The van der Waals surface area contributed by atoms with Gasteiger partial charge in [0, 0.05) is 19.6 Å². The van der Waals surface area contributed by atoms with E-state index >= 15 is 0 Å². The third-order valence-corrected chi connectivity index (χ3v) is 2.15. The summed E-state index contributed by atoms with van der Waals surface area (Å²) in [4.78, 5) is 0. The van der Waals surface area contributed by atoms with Crippen molar-refractivity contribution < 1.29 is 9.47 Å². The van der Waals surface area contributed by atoms with Gasteiger partial charge in [0.05, 0.1) is 20.3 Å². The quantitative estimate of drug-likeness (QED) is 0.640. The fourth-order valence-electron chi connectivity index (χ4n) is 1.32. The molecule has 4 heteroatoms. The second kappa shape index (κ2) is 8.10. The van der Waals surface area contributed by atoms with Crippen molar-refractivity contribution in [1.29, 1.82) is 0 Å². The van der Waals surface area contributed by atoms with E-state index in [4.69, 9.17) is 15.2 Å². The number of hydrogen-bond donors (Lipinski definition) is 2. The third kappa shape index (κ3) is 5.11. The lowest BCUT2D eigenvalue weighted by atomic mass is 10.2. The molecule has 1 aromatic carbocycles. The van der Waals surface area contributed by atoms with Crippen LogP contribution in [0.1, 0.15) is 5.56 Å². The maximum Gasteiger partial charge on any atom is 0.119 e. The zero-order valence-electron chi connectivity index (χ0n) is 9.74. The largest absolute Gasteiger partial charge is 0.497 e. The van der Waals surface area contributed by atoms with E-state index in [1.165, 1.54) is 0 Å². The van der Waals surface area contributed by atoms with Gasteiger partial charge >= 0.3 is 0 Å². The lowest BCUT2D eigenvalue weighted by Crippen LogP contribution is -2.25. The van der Waals surface area contributed by atoms with Gasteiger partial charge in [-0.15, -0.1) is 0 Å². The van der Waals surface area contributed by atoms with Crippen LogP contribution in [0.2, 0.25) is 0 Å². The molecule has 0 aliphatic heterocycles. The van der Waals surface area contributed by atoms with Gasteiger partial charge in [0.15, 0.2) is 0 Å². The van der Waals surface area contributed by atoms with Crippen molar-refractivity contribution in [1.82, 2.24) is 5.32 Å². The molecular weight excluding hydrogens is 204 g/mol. The van der Waals surface area contributed by atoms with E-state index in [0.717, 1.165) is 24.4 Å². The predicted octanol–water partition coefficient (Wildman–Crippen LogP) is 0.760. The third-order valence-electron chi connectivity index (χ3n) is 2.15. The SMILES string of the molecule is COc1cccc(COCCNCCN)c1. The fraction of sp³-hybridized carbons (Fsp3) is 0.500. The summed E-state index contributed by atoms with van der Waals surface area (Å²) in [6, 6.07) is 7.89. The number of rotatable bonds is 8. The smallest absolute Gasteiger partial charge is 0.119 e. The Morgan fingerprint density at radius 2 is 2.19 bits per heavy atom. The first-order chi connectivity index (χ1) is 7.86. The van der Waals surface area contributed by atoms with Crippen LogP contribution in [0.5, 0.6) is 5.75 Å². The van der Waals surface area contributed by atoms with Gasteiger partial charge in [0.25, 0.3) is 0 Å². The maximum absolute atomic E-state index is 5.51. The Morgan fingerprint density at radius 1 is 1.31 bits per heavy atom. The van der Waals surface area contributed by atoms with Gasteiger partial charge in [0.1, 0.15) is 5.75 Å². The minimum absolute atomic E-state index is 0.613. The summed E-state index contributed by atoms with van der Waals surface area (Å²) in [6.07, 6.45) is 0. The highest BCUT2D eigenvalue weighted by Crippen LogP contribution is 2.12. The standard InChI is InChI=1S/C12H20N2O2/c1-15-12-4-2-3-11(9-12)10-16-8-7-14-6-5-13/h2-4,9,14H,5-8,10,13H2,1H3. The zero-order chi connectivity index (χ0) is 11.6. The second-order valence-electron chi connectivity index (χ2n) is 3.44. The molecule has 1 aromatic rings. The van der Waals surface area contributed by atoms with Gasteiger partial charge in [-0.05, 0) is 17.7 Å². The number of hydrogen-bond acceptors (Lipinski definition) is 4. The number of methoxy groups -OCH3 is 1. The van der Waals surface area contributed by atoms with Crippen molar-refractivity contribution in [3.8, 4) is 5.75 Å². The van der Waals surface area contributed by atoms with E-state index in [-0.39, 0.29) is 0 Å². The van der Waals surface area contributed by atoms with E-state index < -0.39 is 0 Å². The molecule has 0 bridgehead atoms. The van der Waals surface area contributed by atoms with Crippen LogP contribution in [0.15, 0.2) is 24.3 Å². The monoisotopic (exact) mass is 224 g/mol. The van der Waals surface area contributed by atoms with Crippen LogP contribution in [0, 0.1) is 0 Å². The molecule has 0 spiro atoms. The Balaban J connectivity index is 2.16. The van der Waals surface area contributed by atoms with Gasteiger partial charge in [0.2, 0.25) is 0 Å². The summed E-state index contributed by atoms with van der Waals surface area (Å²) in [5, 5.41) is 3.17. The molecule has 0 fully saturated rings. The van der Waals surface area contributed by atoms with Crippen molar-refractivity contribution in [2.75, 3.05) is 33.4 Å². The molecule has 4 nitrogen and oxygen atoms in total. The van der Waals surface area contributed by atoms with Crippen LogP contribution >= 0.6 is 0 Å². The Hall–Kier alpha value is -1.10. The first-order valence-electron chi connectivity index (χ1n) is 5.48. The van der Waals surface area contributed by atoms with Crippen molar-refractivity contribution in [2.45, 2.75) is 6.61 Å². The van der Waals surface area contributed by atoms with Gasteiger partial charge in [-0.1, -0.05) is 12.1 Å². The van der Waals surface area contributed by atoms with Crippen molar-refractivity contribution in [3.05, 3.63) is 29.8 Å². The fourth-order valence-corrected chi connectivity index (χ4v) is 1.32. The molecule has 16 heavy (non-hydrogen) atoms. The molecule has 0 atom stereocenters. The second-order valence-corrected chi connectivity index (χ2v) is 3.44. The highest BCUT2D eigenvalue weighted by molar-refractivity contribution is 5.27. The van der Waals surface area contributed by atoms with E-state index in [1.807, 2.05) is 24.3 Å². The molecule has 0 aliphatic carbocycles. The van der Waals surface area contributed by atoms with Gasteiger partial charge in [-0.2, -0.15) is 0 Å². The van der Waals surface area contributed by atoms with Crippen molar-refractivity contribution in [3.63, 3.8) is 0 Å². The highest BCUT2D eigenvalue weighted by atomic mass is 16.5. The van der Waals surface area contributed by atoms with Gasteiger partial charge in [-0.3, -0.25) is 0 Å². The van der Waals surface area contributed by atoms with E-state index in [1.54, 1.807) is 7.11 Å². The van der Waals surface area contributed by atoms with Crippen LogP contribution < -0.4 is 15.8 Å².